The van der Waals surface area contributed by atoms with Gasteiger partial charge in [-0.2, -0.15) is 0 Å². The molecule has 1 aromatic heterocycles. The zero-order chi connectivity index (χ0) is 24.3. The molecule has 2 saturated carbocycles. The van der Waals surface area contributed by atoms with E-state index < -0.39 is 5.60 Å². The third kappa shape index (κ3) is 3.71. The van der Waals surface area contributed by atoms with Crippen LogP contribution in [0.25, 0.3) is 10.8 Å². The number of aliphatic hydroxyl groups is 1. The Hall–Kier alpha value is -2.01. The number of hydrogen-bond acceptors (Lipinski definition) is 4. The van der Waals surface area contributed by atoms with Gasteiger partial charge in [-0.05, 0) is 109 Å². The lowest BCUT2D eigenvalue weighted by Crippen LogP contribution is -2.50. The molecular formula is C32H40N2O2. The molecule has 2 heterocycles. The Morgan fingerprint density at radius 2 is 1.94 bits per heavy atom. The summed E-state index contributed by atoms with van der Waals surface area (Å²) >= 11 is 0. The molecule has 190 valence electrons. The van der Waals surface area contributed by atoms with Crippen LogP contribution in [0.15, 0.2) is 60.0 Å². The van der Waals surface area contributed by atoms with Gasteiger partial charge in [-0.15, -0.1) is 0 Å². The molecule has 6 atom stereocenters. The summed E-state index contributed by atoms with van der Waals surface area (Å²) < 4.78 is 5.59. The first kappa shape index (κ1) is 23.1. The van der Waals surface area contributed by atoms with Crippen LogP contribution < -0.4 is 0 Å². The third-order valence-electron chi connectivity index (χ3n) is 10.9. The van der Waals surface area contributed by atoms with E-state index in [0.717, 1.165) is 58.4 Å². The Kier molecular flexibility index (Phi) is 5.65. The summed E-state index contributed by atoms with van der Waals surface area (Å²) in [4.78, 5) is 6.95. The van der Waals surface area contributed by atoms with Gasteiger partial charge in [0.2, 0.25) is 0 Å². The summed E-state index contributed by atoms with van der Waals surface area (Å²) in [6.07, 6.45) is 17.8. The van der Waals surface area contributed by atoms with Crippen LogP contribution in [0.3, 0.4) is 0 Å². The smallest absolute Gasteiger partial charge is 0.0875 e. The average Bonchev–Trinajstić information content (AvgIpc) is 3.18. The number of benzene rings is 1. The normalized spacial score (nSPS) is 38.9. The molecule has 1 N–H and O–H groups in total. The van der Waals surface area contributed by atoms with Gasteiger partial charge in [-0.1, -0.05) is 31.2 Å². The van der Waals surface area contributed by atoms with Crippen LogP contribution in [0.4, 0.5) is 0 Å². The van der Waals surface area contributed by atoms with Crippen LogP contribution in [0.5, 0.6) is 0 Å². The maximum Gasteiger partial charge on any atom is 0.0875 e. The number of allylic oxidation sites excluding steroid dienone is 3. The summed E-state index contributed by atoms with van der Waals surface area (Å²) in [5.74, 6) is 1.87. The fraction of sp³-hybridized carbons (Fsp3) is 0.594. The summed E-state index contributed by atoms with van der Waals surface area (Å²) in [5.41, 5.74) is 4.01. The number of rotatable bonds is 2. The number of aromatic nitrogens is 1. The van der Waals surface area contributed by atoms with E-state index in [1.54, 1.807) is 0 Å². The standard InChI is InChI=1S/C32H40N2O2/c1-31-11-8-23-19-26-4-5-27(34-14-16-36-17-15-34)20-32(26,35)12-9-28(23)30(31)7-6-29(31)24-3-2-22-10-13-33-21-25(22)18-24/h2-3,8,10,13,18-19,21,27-30,35H,4-7,9,11-12,14-17,20H2,1H3. The van der Waals surface area contributed by atoms with Crippen LogP contribution in [-0.2, 0) is 4.74 Å². The van der Waals surface area contributed by atoms with Crippen molar-refractivity contribution in [2.45, 2.75) is 75.9 Å². The second kappa shape index (κ2) is 8.79. The lowest BCUT2D eigenvalue weighted by Gasteiger charge is -2.45. The number of pyridine rings is 1. The minimum Gasteiger partial charge on any atom is -0.385 e. The SMILES string of the molecule is CC12CC=C3C=C4CCC(N5CCOCC5)CC4(O)CCC3C1CCC2c1ccc2ccncc2c1. The van der Waals surface area contributed by atoms with Crippen molar-refractivity contribution in [3.05, 3.63) is 65.5 Å². The van der Waals surface area contributed by atoms with Crippen molar-refractivity contribution >= 4 is 10.8 Å². The fourth-order valence-corrected chi connectivity index (χ4v) is 8.84. The number of nitrogens with zero attached hydrogens (tertiary/aromatic N) is 2. The molecule has 1 saturated heterocycles. The van der Waals surface area contributed by atoms with E-state index in [0.29, 0.717) is 23.8 Å². The molecule has 36 heavy (non-hydrogen) atoms. The predicted octanol–water partition coefficient (Wildman–Crippen LogP) is 6.02. The molecule has 0 bridgehead atoms. The summed E-state index contributed by atoms with van der Waals surface area (Å²) in [5, 5.41) is 14.5. The van der Waals surface area contributed by atoms with E-state index in [4.69, 9.17) is 4.74 Å². The first-order valence-electron chi connectivity index (χ1n) is 14.3. The third-order valence-corrected chi connectivity index (χ3v) is 10.9. The lowest BCUT2D eigenvalue weighted by molar-refractivity contribution is -0.0332. The molecule has 4 aliphatic carbocycles. The van der Waals surface area contributed by atoms with Gasteiger partial charge in [0.05, 0.1) is 18.8 Å². The van der Waals surface area contributed by atoms with Crippen molar-refractivity contribution in [2.24, 2.45) is 17.3 Å². The van der Waals surface area contributed by atoms with Crippen molar-refractivity contribution in [3.8, 4) is 0 Å². The highest BCUT2D eigenvalue weighted by Gasteiger charge is 2.53. The van der Waals surface area contributed by atoms with Crippen molar-refractivity contribution in [2.75, 3.05) is 26.3 Å². The first-order chi connectivity index (χ1) is 17.5. The molecule has 0 amide bonds. The number of morpholine rings is 1. The van der Waals surface area contributed by atoms with E-state index in [1.165, 1.54) is 46.7 Å². The van der Waals surface area contributed by atoms with Gasteiger partial charge in [-0.3, -0.25) is 9.88 Å². The van der Waals surface area contributed by atoms with Crippen LogP contribution >= 0.6 is 0 Å². The monoisotopic (exact) mass is 484 g/mol. The molecule has 1 aromatic carbocycles. The second-order valence-corrected chi connectivity index (χ2v) is 12.5. The quantitative estimate of drug-likeness (QED) is 0.566. The molecule has 1 aliphatic heterocycles. The van der Waals surface area contributed by atoms with E-state index >= 15 is 0 Å². The summed E-state index contributed by atoms with van der Waals surface area (Å²) in [6.45, 7) is 6.26. The molecule has 2 aromatic rings. The van der Waals surface area contributed by atoms with Gasteiger partial charge in [0, 0.05) is 36.9 Å². The van der Waals surface area contributed by atoms with Gasteiger partial charge < -0.3 is 9.84 Å². The first-order valence-corrected chi connectivity index (χ1v) is 14.3. The van der Waals surface area contributed by atoms with Gasteiger partial charge >= 0.3 is 0 Å². The average molecular weight is 485 g/mol. The second-order valence-electron chi connectivity index (χ2n) is 12.5. The number of hydrogen-bond donors (Lipinski definition) is 1. The minimum absolute atomic E-state index is 0.289. The Morgan fingerprint density at radius 1 is 1.06 bits per heavy atom. The van der Waals surface area contributed by atoms with Crippen LogP contribution in [-0.4, -0.2) is 52.9 Å². The highest BCUT2D eigenvalue weighted by atomic mass is 16.5. The summed E-state index contributed by atoms with van der Waals surface area (Å²) in [7, 11) is 0. The zero-order valence-corrected chi connectivity index (χ0v) is 21.7. The molecule has 4 nitrogen and oxygen atoms in total. The minimum atomic E-state index is -0.626. The molecular weight excluding hydrogens is 444 g/mol. The van der Waals surface area contributed by atoms with Gasteiger partial charge in [0.1, 0.15) is 0 Å². The van der Waals surface area contributed by atoms with Crippen LogP contribution in [0.1, 0.15) is 69.8 Å². The van der Waals surface area contributed by atoms with E-state index in [-0.39, 0.29) is 5.41 Å². The molecule has 6 unspecified atom stereocenters. The molecule has 3 fully saturated rings. The van der Waals surface area contributed by atoms with Gasteiger partial charge in [0.25, 0.3) is 0 Å². The highest BCUT2D eigenvalue weighted by molar-refractivity contribution is 5.82. The fourth-order valence-electron chi connectivity index (χ4n) is 8.84. The van der Waals surface area contributed by atoms with Gasteiger partial charge in [-0.25, -0.2) is 0 Å². The largest absolute Gasteiger partial charge is 0.385 e. The Morgan fingerprint density at radius 3 is 2.83 bits per heavy atom. The van der Waals surface area contributed by atoms with Crippen molar-refractivity contribution in [1.82, 2.24) is 9.88 Å². The number of fused-ring (bicyclic) bond motifs is 5. The van der Waals surface area contributed by atoms with Crippen molar-refractivity contribution < 1.29 is 9.84 Å². The Bertz CT molecular complexity index is 1210. The van der Waals surface area contributed by atoms with Gasteiger partial charge in [0.15, 0.2) is 0 Å². The molecule has 0 spiro atoms. The molecule has 5 aliphatic rings. The Labute approximate surface area is 215 Å². The molecule has 4 heteroatoms. The topological polar surface area (TPSA) is 45.6 Å². The molecule has 7 rings (SSSR count). The van der Waals surface area contributed by atoms with Crippen molar-refractivity contribution in [3.63, 3.8) is 0 Å². The lowest BCUT2D eigenvalue weighted by atomic mass is 9.60. The number of ether oxygens (including phenoxy) is 1. The maximum absolute atomic E-state index is 12.0. The summed E-state index contributed by atoms with van der Waals surface area (Å²) in [6, 6.07) is 9.67. The van der Waals surface area contributed by atoms with Crippen LogP contribution in [0, 0.1) is 17.3 Å². The Balaban J connectivity index is 1.14. The highest BCUT2D eigenvalue weighted by Crippen LogP contribution is 2.62. The molecule has 0 radical (unpaired) electrons. The predicted molar refractivity (Wildman–Crippen MR) is 144 cm³/mol. The van der Waals surface area contributed by atoms with Crippen molar-refractivity contribution in [1.29, 1.82) is 0 Å². The van der Waals surface area contributed by atoms with E-state index in [1.807, 2.05) is 12.4 Å². The van der Waals surface area contributed by atoms with E-state index in [9.17, 15) is 5.11 Å². The van der Waals surface area contributed by atoms with Crippen LogP contribution in [0.2, 0.25) is 0 Å². The maximum atomic E-state index is 12.0. The van der Waals surface area contributed by atoms with E-state index in [2.05, 4.69) is 53.2 Å². The zero-order valence-electron chi connectivity index (χ0n) is 21.7.